The van der Waals surface area contributed by atoms with E-state index in [4.69, 9.17) is 33.3 Å². The smallest absolute Gasteiger partial charge is 0.0784 e. The molecule has 5 heteroatoms. The van der Waals surface area contributed by atoms with Crippen molar-refractivity contribution < 1.29 is 9.47 Å². The lowest BCUT2D eigenvalue weighted by Gasteiger charge is -2.18. The van der Waals surface area contributed by atoms with Gasteiger partial charge in [-0.3, -0.25) is 0 Å². The SMILES string of the molecule is COCCOCc1ccc(CCC(SC(=S)c2ccccc2)c2ccc(CCl)cc2)cc1. The van der Waals surface area contributed by atoms with E-state index in [2.05, 4.69) is 60.7 Å². The first-order valence-electron chi connectivity index (χ1n) is 10.7. The molecule has 1 unspecified atom stereocenters. The van der Waals surface area contributed by atoms with Crippen LogP contribution in [0.3, 0.4) is 0 Å². The highest BCUT2D eigenvalue weighted by Gasteiger charge is 2.16. The summed E-state index contributed by atoms with van der Waals surface area (Å²) in [7, 11) is 1.68. The Hall–Kier alpha value is -1.69. The molecule has 0 aromatic heterocycles. The molecule has 0 amide bonds. The molecule has 0 saturated heterocycles. The fourth-order valence-electron chi connectivity index (χ4n) is 3.32. The summed E-state index contributed by atoms with van der Waals surface area (Å²) in [6, 6.07) is 27.5. The maximum Gasteiger partial charge on any atom is 0.0784 e. The third-order valence-electron chi connectivity index (χ3n) is 5.18. The van der Waals surface area contributed by atoms with E-state index in [1.807, 2.05) is 18.2 Å². The fraction of sp³-hybridized carbons (Fsp3) is 0.296. The van der Waals surface area contributed by atoms with Crippen molar-refractivity contribution in [1.82, 2.24) is 0 Å². The Morgan fingerprint density at radius 3 is 2.19 bits per heavy atom. The molecule has 3 rings (SSSR count). The van der Waals surface area contributed by atoms with Gasteiger partial charge in [0, 0.05) is 18.2 Å². The molecule has 0 fully saturated rings. The van der Waals surface area contributed by atoms with Crippen molar-refractivity contribution in [3.8, 4) is 0 Å². The zero-order valence-corrected chi connectivity index (χ0v) is 20.7. The van der Waals surface area contributed by atoms with Crippen LogP contribution in [0.25, 0.3) is 0 Å². The van der Waals surface area contributed by atoms with Crippen molar-refractivity contribution in [3.05, 3.63) is 107 Å². The highest BCUT2D eigenvalue weighted by Crippen LogP contribution is 2.36. The topological polar surface area (TPSA) is 18.5 Å². The number of hydrogen-bond acceptors (Lipinski definition) is 4. The van der Waals surface area contributed by atoms with E-state index < -0.39 is 0 Å². The van der Waals surface area contributed by atoms with Crippen LogP contribution in [-0.4, -0.2) is 24.5 Å². The van der Waals surface area contributed by atoms with E-state index in [0.29, 0.717) is 25.7 Å². The summed E-state index contributed by atoms with van der Waals surface area (Å²) in [6.07, 6.45) is 1.98. The van der Waals surface area contributed by atoms with E-state index in [0.717, 1.165) is 28.2 Å². The van der Waals surface area contributed by atoms with Crippen molar-refractivity contribution >= 4 is 39.8 Å². The number of aryl methyl sites for hydroxylation is 1. The molecular formula is C27H29ClO2S2. The van der Waals surface area contributed by atoms with Crippen LogP contribution in [0.4, 0.5) is 0 Å². The number of methoxy groups -OCH3 is 1. The molecule has 0 bridgehead atoms. The van der Waals surface area contributed by atoms with Crippen molar-refractivity contribution in [2.24, 2.45) is 0 Å². The van der Waals surface area contributed by atoms with Crippen LogP contribution in [0.5, 0.6) is 0 Å². The number of thioether (sulfide) groups is 1. The molecule has 32 heavy (non-hydrogen) atoms. The number of ether oxygens (including phenoxy) is 2. The van der Waals surface area contributed by atoms with Gasteiger partial charge < -0.3 is 9.47 Å². The predicted octanol–water partition coefficient (Wildman–Crippen LogP) is 7.37. The molecule has 0 aliphatic rings. The van der Waals surface area contributed by atoms with Crippen LogP contribution in [0, 0.1) is 0 Å². The Kier molecular flexibility index (Phi) is 10.7. The molecule has 0 aliphatic heterocycles. The second-order valence-corrected chi connectivity index (χ2v) is 9.68. The standard InChI is InChI=1S/C27H29ClO2S2/c1-29-17-18-30-20-23-9-7-21(8-10-23)13-16-26(24-14-11-22(19-28)12-15-24)32-27(31)25-5-3-2-4-6-25/h2-12,14-15,26H,13,16-20H2,1H3. The third-order valence-corrected chi connectivity index (χ3v) is 7.26. The minimum Gasteiger partial charge on any atom is -0.382 e. The largest absolute Gasteiger partial charge is 0.382 e. The van der Waals surface area contributed by atoms with Gasteiger partial charge in [0.1, 0.15) is 0 Å². The monoisotopic (exact) mass is 484 g/mol. The molecule has 1 atom stereocenters. The van der Waals surface area contributed by atoms with Gasteiger partial charge in [0.15, 0.2) is 0 Å². The van der Waals surface area contributed by atoms with Gasteiger partial charge in [-0.2, -0.15) is 0 Å². The highest BCUT2D eigenvalue weighted by atomic mass is 35.5. The molecule has 0 N–H and O–H groups in total. The quantitative estimate of drug-likeness (QED) is 0.152. The van der Waals surface area contributed by atoms with Crippen molar-refractivity contribution in [2.75, 3.05) is 20.3 Å². The van der Waals surface area contributed by atoms with Crippen LogP contribution in [0.15, 0.2) is 78.9 Å². The second kappa shape index (κ2) is 13.8. The molecule has 2 nitrogen and oxygen atoms in total. The Morgan fingerprint density at radius 2 is 1.53 bits per heavy atom. The molecule has 0 radical (unpaired) electrons. The summed E-state index contributed by atoms with van der Waals surface area (Å²) in [5, 5.41) is 0.282. The maximum atomic E-state index is 5.98. The number of benzene rings is 3. The summed E-state index contributed by atoms with van der Waals surface area (Å²) in [5.41, 5.74) is 6.02. The Bertz CT molecular complexity index is 944. The van der Waals surface area contributed by atoms with E-state index in [-0.39, 0.29) is 5.25 Å². The summed E-state index contributed by atoms with van der Waals surface area (Å²) < 4.78 is 11.6. The summed E-state index contributed by atoms with van der Waals surface area (Å²) in [5.74, 6) is 0.530. The average molecular weight is 485 g/mol. The van der Waals surface area contributed by atoms with E-state index in [1.54, 1.807) is 18.9 Å². The van der Waals surface area contributed by atoms with E-state index >= 15 is 0 Å². The van der Waals surface area contributed by atoms with Crippen LogP contribution in [-0.2, 0) is 28.4 Å². The summed E-state index contributed by atoms with van der Waals surface area (Å²) in [6.45, 7) is 1.84. The average Bonchev–Trinajstić information content (AvgIpc) is 2.85. The first-order valence-corrected chi connectivity index (χ1v) is 12.6. The predicted molar refractivity (Wildman–Crippen MR) is 141 cm³/mol. The van der Waals surface area contributed by atoms with E-state index in [1.165, 1.54) is 16.7 Å². The Balaban J connectivity index is 1.64. The van der Waals surface area contributed by atoms with Gasteiger partial charge in [0.25, 0.3) is 0 Å². The van der Waals surface area contributed by atoms with Gasteiger partial charge >= 0.3 is 0 Å². The van der Waals surface area contributed by atoms with Crippen LogP contribution in [0.2, 0.25) is 0 Å². The summed E-state index contributed by atoms with van der Waals surface area (Å²) >= 11 is 13.5. The van der Waals surface area contributed by atoms with Crippen molar-refractivity contribution in [3.63, 3.8) is 0 Å². The number of rotatable bonds is 12. The van der Waals surface area contributed by atoms with Gasteiger partial charge in [-0.1, -0.05) is 91.1 Å². The van der Waals surface area contributed by atoms with Gasteiger partial charge in [-0.05, 0) is 40.7 Å². The maximum absolute atomic E-state index is 5.98. The van der Waals surface area contributed by atoms with Gasteiger partial charge in [-0.15, -0.1) is 23.4 Å². The minimum absolute atomic E-state index is 0.282. The van der Waals surface area contributed by atoms with Gasteiger partial charge in [-0.25, -0.2) is 0 Å². The number of halogens is 1. The number of thiocarbonyl (C=S) groups is 1. The zero-order valence-electron chi connectivity index (χ0n) is 18.3. The molecular weight excluding hydrogens is 456 g/mol. The number of hydrogen-bond donors (Lipinski definition) is 0. The normalized spacial score (nSPS) is 11.9. The lowest BCUT2D eigenvalue weighted by atomic mass is 10.0. The van der Waals surface area contributed by atoms with E-state index in [9.17, 15) is 0 Å². The summed E-state index contributed by atoms with van der Waals surface area (Å²) in [4.78, 5) is 0. The molecule has 3 aromatic rings. The molecule has 0 spiro atoms. The first kappa shape index (κ1) is 24.9. The van der Waals surface area contributed by atoms with Crippen molar-refractivity contribution in [2.45, 2.75) is 30.6 Å². The molecule has 3 aromatic carbocycles. The Labute approximate surface area is 206 Å². The second-order valence-electron chi connectivity index (χ2n) is 7.54. The van der Waals surface area contributed by atoms with Gasteiger partial charge in [0.05, 0.1) is 24.0 Å². The lowest BCUT2D eigenvalue weighted by molar-refractivity contribution is 0.0616. The molecule has 0 aliphatic carbocycles. The molecule has 0 saturated carbocycles. The van der Waals surface area contributed by atoms with Gasteiger partial charge in [0.2, 0.25) is 0 Å². The highest BCUT2D eigenvalue weighted by molar-refractivity contribution is 8.23. The lowest BCUT2D eigenvalue weighted by Crippen LogP contribution is -2.03. The Morgan fingerprint density at radius 1 is 0.875 bits per heavy atom. The molecule has 0 heterocycles. The van der Waals surface area contributed by atoms with Crippen molar-refractivity contribution in [1.29, 1.82) is 0 Å². The third kappa shape index (κ3) is 8.02. The number of alkyl halides is 1. The van der Waals surface area contributed by atoms with Crippen LogP contribution >= 0.6 is 35.6 Å². The van der Waals surface area contributed by atoms with Crippen LogP contribution < -0.4 is 0 Å². The molecule has 168 valence electrons. The zero-order chi connectivity index (χ0) is 22.6. The first-order chi connectivity index (χ1) is 15.7. The van der Waals surface area contributed by atoms with Crippen LogP contribution in [0.1, 0.15) is 39.5 Å². The fourth-order valence-corrected chi connectivity index (χ4v) is 5.04. The minimum atomic E-state index is 0.282.